The molecule has 6 amide bonds. The van der Waals surface area contributed by atoms with Crippen LogP contribution in [-0.4, -0.2) is 89.6 Å². The van der Waals surface area contributed by atoms with Gasteiger partial charge in [-0.15, -0.1) is 0 Å². The van der Waals surface area contributed by atoms with Crippen LogP contribution in [-0.2, 0) is 42.2 Å². The Hall–Kier alpha value is -3.85. The number of carbonyl (C=O) groups excluding carboxylic acids is 5. The van der Waals surface area contributed by atoms with Crippen molar-refractivity contribution in [2.75, 3.05) is 6.54 Å². The minimum atomic E-state index is -3.89. The number of amides is 6. The van der Waals surface area contributed by atoms with Crippen molar-refractivity contribution in [3.8, 4) is 0 Å². The SMILES string of the molecule is O=C(NC1CCCC1)N[C@H]1CCCCCC=C[C@H]2C[C@@]2(C(=O)NS(=O)(=O)C2CC2)NC(=O)[C@@H]2C[C@@H](OC(=O)N3Cc4ccc(Cl)cc4C3)CN2C1=O. The molecule has 4 fully saturated rings. The highest BCUT2D eigenvalue weighted by Gasteiger charge is 2.62. The van der Waals surface area contributed by atoms with E-state index in [1.54, 1.807) is 12.1 Å². The zero-order valence-electron chi connectivity index (χ0n) is 29.1. The lowest BCUT2D eigenvalue weighted by atomic mass is 10.0. The van der Waals surface area contributed by atoms with Gasteiger partial charge in [-0.3, -0.25) is 24.0 Å². The van der Waals surface area contributed by atoms with E-state index in [1.165, 1.54) is 9.80 Å². The molecule has 0 unspecified atom stereocenters. The van der Waals surface area contributed by atoms with Gasteiger partial charge in [-0.2, -0.15) is 0 Å². The molecule has 0 bridgehead atoms. The molecule has 1 aromatic rings. The summed E-state index contributed by atoms with van der Waals surface area (Å²) in [5, 5.41) is 8.61. The molecule has 14 nitrogen and oxygen atoms in total. The van der Waals surface area contributed by atoms with Crippen LogP contribution >= 0.6 is 11.6 Å². The molecular formula is C36H47ClN6O8S. The predicted octanol–water partition coefficient (Wildman–Crippen LogP) is 3.38. The molecule has 3 aliphatic heterocycles. The highest BCUT2D eigenvalue weighted by Crippen LogP contribution is 2.46. The lowest BCUT2D eigenvalue weighted by Gasteiger charge is -2.30. The van der Waals surface area contributed by atoms with Gasteiger partial charge in [-0.05, 0) is 74.6 Å². The second-order valence-corrected chi connectivity index (χ2v) is 17.6. The molecule has 1 aromatic carbocycles. The van der Waals surface area contributed by atoms with Crippen LogP contribution in [0.2, 0.25) is 5.02 Å². The topological polar surface area (TPSA) is 183 Å². The predicted molar refractivity (Wildman–Crippen MR) is 190 cm³/mol. The Kier molecular flexibility index (Phi) is 10.4. The fourth-order valence-electron chi connectivity index (χ4n) is 8.01. The third kappa shape index (κ3) is 8.04. The van der Waals surface area contributed by atoms with Gasteiger partial charge < -0.3 is 25.6 Å². The average Bonchev–Trinajstić information content (AvgIpc) is 3.89. The van der Waals surface area contributed by atoms with E-state index >= 15 is 0 Å². The van der Waals surface area contributed by atoms with Crippen LogP contribution in [0.3, 0.4) is 0 Å². The molecule has 3 saturated carbocycles. The molecule has 3 aliphatic carbocycles. The van der Waals surface area contributed by atoms with Gasteiger partial charge in [-0.1, -0.05) is 55.5 Å². The van der Waals surface area contributed by atoms with E-state index in [1.807, 2.05) is 18.2 Å². The normalized spacial score (nSPS) is 29.6. The molecule has 52 heavy (non-hydrogen) atoms. The Morgan fingerprint density at radius 2 is 1.69 bits per heavy atom. The quantitative estimate of drug-likeness (QED) is 0.319. The number of benzene rings is 1. The number of rotatable bonds is 6. The summed E-state index contributed by atoms with van der Waals surface area (Å²) in [4.78, 5) is 71.7. The number of hydrogen-bond donors (Lipinski definition) is 4. The smallest absolute Gasteiger partial charge is 0.410 e. The molecule has 16 heteroatoms. The van der Waals surface area contributed by atoms with Crippen molar-refractivity contribution < 1.29 is 37.1 Å². The van der Waals surface area contributed by atoms with Gasteiger partial charge in [0.05, 0.1) is 11.8 Å². The summed E-state index contributed by atoms with van der Waals surface area (Å²) in [5.41, 5.74) is 0.337. The summed E-state index contributed by atoms with van der Waals surface area (Å²) >= 11 is 6.16. The molecule has 6 aliphatic rings. The minimum Gasteiger partial charge on any atom is -0.444 e. The first-order chi connectivity index (χ1) is 24.9. The molecular weight excluding hydrogens is 712 g/mol. The van der Waals surface area contributed by atoms with Crippen molar-refractivity contribution >= 4 is 51.5 Å². The number of halogens is 1. The van der Waals surface area contributed by atoms with Crippen LogP contribution < -0.4 is 20.7 Å². The van der Waals surface area contributed by atoms with E-state index in [2.05, 4.69) is 20.7 Å². The van der Waals surface area contributed by atoms with E-state index in [0.29, 0.717) is 50.2 Å². The first-order valence-electron chi connectivity index (χ1n) is 18.6. The number of nitrogens with one attached hydrogen (secondary N) is 4. The Labute approximate surface area is 308 Å². The van der Waals surface area contributed by atoms with Crippen LogP contribution in [0.5, 0.6) is 0 Å². The van der Waals surface area contributed by atoms with E-state index in [9.17, 15) is 32.4 Å². The van der Waals surface area contributed by atoms with Crippen molar-refractivity contribution in [2.24, 2.45) is 5.92 Å². The van der Waals surface area contributed by atoms with Crippen molar-refractivity contribution in [1.29, 1.82) is 0 Å². The maximum Gasteiger partial charge on any atom is 0.410 e. The van der Waals surface area contributed by atoms with Crippen LogP contribution in [0.15, 0.2) is 30.4 Å². The number of ether oxygens (including phenoxy) is 1. The van der Waals surface area contributed by atoms with Crippen LogP contribution in [0, 0.1) is 5.92 Å². The first-order valence-corrected chi connectivity index (χ1v) is 20.5. The van der Waals surface area contributed by atoms with Gasteiger partial charge in [0.15, 0.2) is 0 Å². The monoisotopic (exact) mass is 758 g/mol. The molecule has 3 heterocycles. The van der Waals surface area contributed by atoms with Crippen LogP contribution in [0.25, 0.3) is 0 Å². The summed E-state index contributed by atoms with van der Waals surface area (Å²) in [7, 11) is -3.89. The van der Waals surface area contributed by atoms with E-state index < -0.39 is 74.8 Å². The molecule has 0 spiro atoms. The standard InChI is InChI=1S/C36H47ClN6O8S/c37-25-13-12-22-19-42(20-23(22)16-25)35(48)51-27-17-30-31(44)40-36(33(46)41-52(49,50)28-14-15-28)18-24(36)8-4-2-1-3-5-11-29(32(45)43(30)21-27)39-34(47)38-26-9-6-7-10-26/h4,8,12-13,16,24,26-30H,1-3,5-7,9-11,14-15,17-21H2,(H,40,44)(H,41,46)(H2,38,39,47)/t24-,27+,29-,30-,36+/m0/s1. The summed E-state index contributed by atoms with van der Waals surface area (Å²) in [6, 6.07) is 2.91. The zero-order chi connectivity index (χ0) is 36.6. The number of nitrogens with zero attached hydrogens (tertiary/aromatic N) is 2. The van der Waals surface area contributed by atoms with Crippen molar-refractivity contribution in [3.63, 3.8) is 0 Å². The molecule has 5 atom stereocenters. The molecule has 1 saturated heterocycles. The van der Waals surface area contributed by atoms with Gasteiger partial charge in [-0.25, -0.2) is 18.0 Å². The lowest BCUT2D eigenvalue weighted by Crippen LogP contribution is -2.59. The average molecular weight is 759 g/mol. The van der Waals surface area contributed by atoms with Crippen molar-refractivity contribution in [1.82, 2.24) is 30.5 Å². The largest absolute Gasteiger partial charge is 0.444 e. The number of hydrogen-bond acceptors (Lipinski definition) is 8. The van der Waals surface area contributed by atoms with Crippen molar-refractivity contribution in [3.05, 3.63) is 46.5 Å². The second-order valence-electron chi connectivity index (χ2n) is 15.2. The number of fused-ring (bicyclic) bond motifs is 3. The van der Waals surface area contributed by atoms with E-state index in [0.717, 1.165) is 49.7 Å². The fraction of sp³-hybridized carbons (Fsp3) is 0.639. The number of carbonyl (C=O) groups is 5. The van der Waals surface area contributed by atoms with Crippen molar-refractivity contribution in [2.45, 2.75) is 132 Å². The van der Waals surface area contributed by atoms with Crippen LogP contribution in [0.1, 0.15) is 94.6 Å². The maximum atomic E-state index is 14.4. The third-order valence-electron chi connectivity index (χ3n) is 11.3. The lowest BCUT2D eigenvalue weighted by molar-refractivity contribution is -0.141. The first kappa shape index (κ1) is 36.5. The van der Waals surface area contributed by atoms with Gasteiger partial charge in [0.1, 0.15) is 23.7 Å². The highest BCUT2D eigenvalue weighted by atomic mass is 35.5. The number of urea groups is 1. The Bertz CT molecular complexity index is 1750. The highest BCUT2D eigenvalue weighted by molar-refractivity contribution is 7.91. The van der Waals surface area contributed by atoms with Gasteiger partial charge in [0.2, 0.25) is 21.8 Å². The zero-order valence-corrected chi connectivity index (χ0v) is 30.7. The molecule has 7 rings (SSSR count). The summed E-state index contributed by atoms with van der Waals surface area (Å²) < 4.78 is 33.7. The van der Waals surface area contributed by atoms with Gasteiger partial charge in [0, 0.05) is 36.5 Å². The second kappa shape index (κ2) is 14.9. The molecule has 0 radical (unpaired) electrons. The summed E-state index contributed by atoms with van der Waals surface area (Å²) in [5.74, 6) is -2.38. The van der Waals surface area contributed by atoms with Gasteiger partial charge >= 0.3 is 12.1 Å². The molecule has 0 aromatic heterocycles. The Balaban J connectivity index is 1.12. The number of sulfonamides is 1. The van der Waals surface area contributed by atoms with Gasteiger partial charge in [0.25, 0.3) is 5.91 Å². The van der Waals surface area contributed by atoms with Crippen LogP contribution in [0.4, 0.5) is 9.59 Å². The Morgan fingerprint density at radius 3 is 2.46 bits per heavy atom. The summed E-state index contributed by atoms with van der Waals surface area (Å²) in [6.07, 6.45) is 10.5. The Morgan fingerprint density at radius 1 is 0.942 bits per heavy atom. The molecule has 282 valence electrons. The molecule has 4 N–H and O–H groups in total. The van der Waals surface area contributed by atoms with E-state index in [4.69, 9.17) is 16.3 Å². The minimum absolute atomic E-state index is 0.0311. The number of allylic oxidation sites excluding steroid dienone is 1. The third-order valence-corrected chi connectivity index (χ3v) is 13.3. The summed E-state index contributed by atoms with van der Waals surface area (Å²) in [6.45, 7) is 0.520. The maximum absolute atomic E-state index is 14.4. The van der Waals surface area contributed by atoms with E-state index in [-0.39, 0.29) is 25.4 Å². The fourth-order valence-corrected chi connectivity index (χ4v) is 9.57.